The van der Waals surface area contributed by atoms with E-state index < -0.39 is 11.5 Å². The molecule has 4 heterocycles. The monoisotopic (exact) mass is 427 g/mol. The molecule has 7 heteroatoms. The van der Waals surface area contributed by atoms with Gasteiger partial charge in [0, 0.05) is 43.6 Å². The third-order valence-corrected chi connectivity index (χ3v) is 6.51. The number of fused-ring (bicyclic) bond motifs is 2. The standard InChI is InChI=1S/C25H25N5O2/c1-29(16-18-8-12-26-13-9-18)17-22(31)30-14-10-25(23(30)19-5-4-11-27-15-19)20-6-2-3-7-21(20)28-24(25)32/h2-9,11-13,15,23H,10,14,16-17H2,1H3,(H,28,32). The van der Waals surface area contributed by atoms with Crippen LogP contribution in [0.3, 0.4) is 0 Å². The van der Waals surface area contributed by atoms with Gasteiger partial charge in [-0.3, -0.25) is 24.5 Å². The first kappa shape index (κ1) is 20.3. The van der Waals surface area contributed by atoms with Crippen LogP contribution in [0.4, 0.5) is 5.69 Å². The number of hydrogen-bond acceptors (Lipinski definition) is 5. The summed E-state index contributed by atoms with van der Waals surface area (Å²) in [6.45, 7) is 1.43. The van der Waals surface area contributed by atoms with Crippen molar-refractivity contribution in [1.29, 1.82) is 0 Å². The van der Waals surface area contributed by atoms with Crippen molar-refractivity contribution in [3.63, 3.8) is 0 Å². The van der Waals surface area contributed by atoms with Crippen LogP contribution in [0, 0.1) is 0 Å². The number of rotatable bonds is 5. The Hall–Kier alpha value is -3.58. The Morgan fingerprint density at radius 2 is 1.94 bits per heavy atom. The van der Waals surface area contributed by atoms with Gasteiger partial charge in [-0.15, -0.1) is 0 Å². The van der Waals surface area contributed by atoms with E-state index in [0.717, 1.165) is 22.4 Å². The molecule has 0 aliphatic carbocycles. The van der Waals surface area contributed by atoms with Crippen molar-refractivity contribution in [2.45, 2.75) is 24.4 Å². The topological polar surface area (TPSA) is 78.4 Å². The molecule has 0 saturated carbocycles. The summed E-state index contributed by atoms with van der Waals surface area (Å²) in [4.78, 5) is 39.1. The normalized spacial score (nSPS) is 21.8. The molecule has 7 nitrogen and oxygen atoms in total. The van der Waals surface area contributed by atoms with Gasteiger partial charge in [0.05, 0.1) is 12.6 Å². The predicted molar refractivity (Wildman–Crippen MR) is 121 cm³/mol. The van der Waals surface area contributed by atoms with E-state index in [-0.39, 0.29) is 18.4 Å². The van der Waals surface area contributed by atoms with Crippen LogP contribution in [0.25, 0.3) is 0 Å². The first-order valence-electron chi connectivity index (χ1n) is 10.8. The number of anilines is 1. The number of nitrogens with one attached hydrogen (secondary N) is 1. The lowest BCUT2D eigenvalue weighted by atomic mass is 9.73. The predicted octanol–water partition coefficient (Wildman–Crippen LogP) is 2.77. The number of nitrogens with zero attached hydrogens (tertiary/aromatic N) is 4. The number of benzene rings is 1. The van der Waals surface area contributed by atoms with Crippen LogP contribution in [-0.4, -0.2) is 51.7 Å². The summed E-state index contributed by atoms with van der Waals surface area (Å²) in [5, 5.41) is 3.05. The van der Waals surface area contributed by atoms with E-state index >= 15 is 0 Å². The summed E-state index contributed by atoms with van der Waals surface area (Å²) in [6.07, 6.45) is 7.57. The second kappa shape index (κ2) is 8.16. The number of carbonyl (C=O) groups excluding carboxylic acids is 2. The van der Waals surface area contributed by atoms with E-state index in [1.165, 1.54) is 0 Å². The number of likely N-dealkylation sites (N-methyl/N-ethyl adjacent to an activating group) is 1. The molecule has 32 heavy (non-hydrogen) atoms. The summed E-state index contributed by atoms with van der Waals surface area (Å²) in [5.74, 6) is -0.0440. The van der Waals surface area contributed by atoms with Gasteiger partial charge in [0.25, 0.3) is 0 Å². The smallest absolute Gasteiger partial charge is 0.237 e. The number of para-hydroxylation sites is 1. The highest BCUT2D eigenvalue weighted by atomic mass is 16.2. The highest BCUT2D eigenvalue weighted by Gasteiger charge is 2.59. The maximum atomic E-state index is 13.5. The molecular formula is C25H25N5O2. The molecule has 1 aromatic carbocycles. The number of pyridine rings is 2. The lowest BCUT2D eigenvalue weighted by Crippen LogP contribution is -2.45. The minimum atomic E-state index is -0.807. The van der Waals surface area contributed by atoms with Gasteiger partial charge in [-0.2, -0.15) is 0 Å². The number of amides is 2. The average molecular weight is 428 g/mol. The largest absolute Gasteiger partial charge is 0.333 e. The van der Waals surface area contributed by atoms with Gasteiger partial charge in [0.1, 0.15) is 5.41 Å². The second-order valence-electron chi connectivity index (χ2n) is 8.52. The Balaban J connectivity index is 1.47. The SMILES string of the molecule is CN(CC(=O)N1CCC2(C(=O)Nc3ccccc32)C1c1cccnc1)Cc1ccncc1. The van der Waals surface area contributed by atoms with Gasteiger partial charge in [0.2, 0.25) is 11.8 Å². The first-order chi connectivity index (χ1) is 15.6. The van der Waals surface area contributed by atoms with Crippen LogP contribution in [0.5, 0.6) is 0 Å². The van der Waals surface area contributed by atoms with E-state index in [0.29, 0.717) is 19.5 Å². The van der Waals surface area contributed by atoms with Crippen molar-refractivity contribution in [2.24, 2.45) is 0 Å². The fourth-order valence-electron chi connectivity index (χ4n) is 5.13. The molecular weight excluding hydrogens is 402 g/mol. The molecule has 1 fully saturated rings. The number of likely N-dealkylation sites (tertiary alicyclic amines) is 1. The fourth-order valence-corrected chi connectivity index (χ4v) is 5.13. The second-order valence-corrected chi connectivity index (χ2v) is 8.52. The van der Waals surface area contributed by atoms with Gasteiger partial charge in [-0.05, 0) is 54.4 Å². The van der Waals surface area contributed by atoms with Crippen LogP contribution >= 0.6 is 0 Å². The molecule has 2 atom stereocenters. The lowest BCUT2D eigenvalue weighted by Gasteiger charge is -2.35. The molecule has 1 saturated heterocycles. The van der Waals surface area contributed by atoms with E-state index in [4.69, 9.17) is 0 Å². The van der Waals surface area contributed by atoms with Crippen molar-refractivity contribution < 1.29 is 9.59 Å². The van der Waals surface area contributed by atoms with Crippen LogP contribution in [0.15, 0.2) is 73.3 Å². The molecule has 5 rings (SSSR count). The zero-order chi connectivity index (χ0) is 22.1. The molecule has 162 valence electrons. The van der Waals surface area contributed by atoms with Crippen molar-refractivity contribution in [2.75, 3.05) is 25.5 Å². The quantitative estimate of drug-likeness (QED) is 0.678. The minimum absolute atomic E-state index is 0.00413. The molecule has 3 aromatic rings. The van der Waals surface area contributed by atoms with Crippen LogP contribution in [0.1, 0.15) is 29.2 Å². The van der Waals surface area contributed by atoms with Gasteiger partial charge in [-0.25, -0.2) is 0 Å². The third-order valence-electron chi connectivity index (χ3n) is 6.51. The third kappa shape index (κ3) is 3.35. The Morgan fingerprint density at radius 3 is 2.72 bits per heavy atom. The Morgan fingerprint density at radius 1 is 1.12 bits per heavy atom. The average Bonchev–Trinajstić information content (AvgIpc) is 3.34. The molecule has 2 aliphatic heterocycles. The van der Waals surface area contributed by atoms with Gasteiger partial charge in [0.15, 0.2) is 0 Å². The maximum Gasteiger partial charge on any atom is 0.237 e. The molecule has 0 radical (unpaired) electrons. The lowest BCUT2D eigenvalue weighted by molar-refractivity contribution is -0.134. The Kier molecular flexibility index (Phi) is 5.19. The highest BCUT2D eigenvalue weighted by Crippen LogP contribution is 2.54. The number of aromatic nitrogens is 2. The minimum Gasteiger partial charge on any atom is -0.333 e. The number of hydrogen-bond donors (Lipinski definition) is 1. The van der Waals surface area contributed by atoms with Crippen molar-refractivity contribution >= 4 is 17.5 Å². The fraction of sp³-hybridized carbons (Fsp3) is 0.280. The van der Waals surface area contributed by atoms with Crippen molar-refractivity contribution in [3.05, 3.63) is 90.0 Å². The maximum absolute atomic E-state index is 13.5. The summed E-state index contributed by atoms with van der Waals surface area (Å²) >= 11 is 0. The van der Waals surface area contributed by atoms with E-state index in [2.05, 4.69) is 15.3 Å². The number of carbonyl (C=O) groups is 2. The van der Waals surface area contributed by atoms with Gasteiger partial charge in [-0.1, -0.05) is 24.3 Å². The molecule has 0 bridgehead atoms. The summed E-state index contributed by atoms with van der Waals surface area (Å²) in [5.41, 5.74) is 2.96. The highest BCUT2D eigenvalue weighted by molar-refractivity contribution is 6.07. The Bertz CT molecular complexity index is 1140. The van der Waals surface area contributed by atoms with E-state index in [1.54, 1.807) is 24.8 Å². The van der Waals surface area contributed by atoms with E-state index in [9.17, 15) is 9.59 Å². The van der Waals surface area contributed by atoms with Crippen LogP contribution in [0.2, 0.25) is 0 Å². The summed E-state index contributed by atoms with van der Waals surface area (Å²) < 4.78 is 0. The van der Waals surface area contributed by atoms with Crippen molar-refractivity contribution in [1.82, 2.24) is 19.8 Å². The Labute approximate surface area is 187 Å². The molecule has 2 unspecified atom stereocenters. The molecule has 2 aliphatic rings. The molecule has 2 amide bonds. The molecule has 2 aromatic heterocycles. The first-order valence-corrected chi connectivity index (χ1v) is 10.8. The van der Waals surface area contributed by atoms with Crippen molar-refractivity contribution in [3.8, 4) is 0 Å². The van der Waals surface area contributed by atoms with Crippen LogP contribution in [-0.2, 0) is 21.5 Å². The molecule has 1 N–H and O–H groups in total. The molecule has 1 spiro atoms. The van der Waals surface area contributed by atoms with Crippen LogP contribution < -0.4 is 5.32 Å². The van der Waals surface area contributed by atoms with Gasteiger partial charge < -0.3 is 10.2 Å². The summed E-state index contributed by atoms with van der Waals surface area (Å²) in [6, 6.07) is 15.1. The zero-order valence-corrected chi connectivity index (χ0v) is 17.9. The van der Waals surface area contributed by atoms with E-state index in [1.807, 2.05) is 65.4 Å². The zero-order valence-electron chi connectivity index (χ0n) is 17.9. The summed E-state index contributed by atoms with van der Waals surface area (Å²) in [7, 11) is 1.93. The van der Waals surface area contributed by atoms with Gasteiger partial charge >= 0.3 is 0 Å².